The van der Waals surface area contributed by atoms with Crippen LogP contribution in [0.5, 0.6) is 5.75 Å². The normalized spacial score (nSPS) is 10.9. The van der Waals surface area contributed by atoms with Gasteiger partial charge < -0.3 is 10.1 Å². The first-order chi connectivity index (χ1) is 12.7. The quantitative estimate of drug-likeness (QED) is 0.505. The van der Waals surface area contributed by atoms with Crippen LogP contribution in [0, 0.1) is 0 Å². The number of para-hydroxylation sites is 1. The molecule has 2 aromatic rings. The van der Waals surface area contributed by atoms with Gasteiger partial charge in [0, 0.05) is 12.1 Å². The van der Waals surface area contributed by atoms with Gasteiger partial charge >= 0.3 is 0 Å². The lowest BCUT2D eigenvalue weighted by Crippen LogP contribution is -2.26. The number of nitrogens with one attached hydrogen (secondary N) is 2. The number of allylic oxidation sites excluding steroid dienone is 5. The smallest absolute Gasteiger partial charge is 0.269 e. The zero-order valence-electron chi connectivity index (χ0n) is 14.7. The first kappa shape index (κ1) is 19.0. The number of amides is 1. The summed E-state index contributed by atoms with van der Waals surface area (Å²) in [5.74, 6) is 0.625. The molecule has 1 aromatic carbocycles. The van der Waals surface area contributed by atoms with Crippen LogP contribution in [0.4, 0.5) is 0 Å². The Morgan fingerprint density at radius 1 is 1.27 bits per heavy atom. The Bertz CT molecular complexity index is 789. The van der Waals surface area contributed by atoms with Crippen LogP contribution in [-0.4, -0.2) is 29.3 Å². The number of aromatic amines is 1. The molecule has 0 atom stereocenters. The molecular formula is C21H23N3O2. The monoisotopic (exact) mass is 349 g/mol. The summed E-state index contributed by atoms with van der Waals surface area (Å²) in [6, 6.07) is 9.59. The minimum atomic E-state index is -0.200. The number of hydrogen-bond donors (Lipinski definition) is 2. The van der Waals surface area contributed by atoms with Crippen LogP contribution in [0.15, 0.2) is 79.6 Å². The van der Waals surface area contributed by atoms with Crippen molar-refractivity contribution in [2.45, 2.75) is 6.42 Å². The second-order valence-corrected chi connectivity index (χ2v) is 5.47. The molecule has 134 valence electrons. The standard InChI is InChI=1S/C21H23N3O2/c1-3-4-9-17(2)12-13-18-16-23-24-20(18)21(25)22-14-8-15-26-19-10-6-5-7-11-19/h3-7,9-13,16H,1-2,8,14-15H2,(H,22,25)(H,23,24)/b9-4-,13-12+. The molecule has 0 spiro atoms. The number of ether oxygens (including phenoxy) is 1. The molecule has 0 aliphatic heterocycles. The summed E-state index contributed by atoms with van der Waals surface area (Å²) in [7, 11) is 0. The minimum Gasteiger partial charge on any atom is -0.494 e. The topological polar surface area (TPSA) is 67.0 Å². The highest BCUT2D eigenvalue weighted by Crippen LogP contribution is 2.10. The van der Waals surface area contributed by atoms with Gasteiger partial charge in [-0.2, -0.15) is 5.10 Å². The van der Waals surface area contributed by atoms with Crippen LogP contribution in [0.2, 0.25) is 0 Å². The molecule has 0 radical (unpaired) electrons. The summed E-state index contributed by atoms with van der Waals surface area (Å²) in [5, 5.41) is 9.53. The fraction of sp³-hybridized carbons (Fsp3) is 0.143. The van der Waals surface area contributed by atoms with E-state index >= 15 is 0 Å². The predicted octanol–water partition coefficient (Wildman–Crippen LogP) is 3.92. The van der Waals surface area contributed by atoms with Gasteiger partial charge in [-0.05, 0) is 24.1 Å². The molecule has 0 fully saturated rings. The molecule has 1 aromatic heterocycles. The Kier molecular flexibility index (Phi) is 7.68. The van der Waals surface area contributed by atoms with Crippen LogP contribution in [-0.2, 0) is 0 Å². The molecular weight excluding hydrogens is 326 g/mol. The maximum Gasteiger partial charge on any atom is 0.269 e. The number of H-pyrrole nitrogens is 1. The number of hydrogen-bond acceptors (Lipinski definition) is 3. The molecule has 0 unspecified atom stereocenters. The van der Waals surface area contributed by atoms with Gasteiger partial charge in [-0.3, -0.25) is 9.89 Å². The van der Waals surface area contributed by atoms with E-state index in [0.717, 1.165) is 11.3 Å². The molecule has 1 heterocycles. The van der Waals surface area contributed by atoms with E-state index in [1.807, 2.05) is 42.5 Å². The number of benzene rings is 1. The lowest BCUT2D eigenvalue weighted by atomic mass is 10.1. The summed E-state index contributed by atoms with van der Waals surface area (Å²) in [4.78, 5) is 12.3. The van der Waals surface area contributed by atoms with E-state index in [2.05, 4.69) is 28.7 Å². The van der Waals surface area contributed by atoms with Crippen molar-refractivity contribution in [3.05, 3.63) is 90.8 Å². The SMILES string of the molecule is C=C/C=C\C(=C)/C=C/c1cn[nH]c1C(=O)NCCCOc1ccccc1. The van der Waals surface area contributed by atoms with Gasteiger partial charge in [0.1, 0.15) is 11.4 Å². The van der Waals surface area contributed by atoms with E-state index in [4.69, 9.17) is 4.74 Å². The van der Waals surface area contributed by atoms with Crippen LogP contribution in [0.3, 0.4) is 0 Å². The Labute approximate surface area is 153 Å². The van der Waals surface area contributed by atoms with Crippen molar-refractivity contribution in [2.24, 2.45) is 0 Å². The average molecular weight is 349 g/mol. The van der Waals surface area contributed by atoms with Crippen LogP contribution < -0.4 is 10.1 Å². The van der Waals surface area contributed by atoms with Gasteiger partial charge in [0.05, 0.1) is 12.8 Å². The fourth-order valence-electron chi connectivity index (χ4n) is 2.12. The molecule has 5 nitrogen and oxygen atoms in total. The van der Waals surface area contributed by atoms with Crippen molar-refractivity contribution in [3.63, 3.8) is 0 Å². The molecule has 1 amide bonds. The molecule has 5 heteroatoms. The van der Waals surface area contributed by atoms with Crippen molar-refractivity contribution in [1.82, 2.24) is 15.5 Å². The van der Waals surface area contributed by atoms with E-state index in [1.165, 1.54) is 0 Å². The highest BCUT2D eigenvalue weighted by Gasteiger charge is 2.11. The molecule has 2 rings (SSSR count). The van der Waals surface area contributed by atoms with Crippen molar-refractivity contribution in [3.8, 4) is 5.75 Å². The van der Waals surface area contributed by atoms with E-state index < -0.39 is 0 Å². The molecule has 26 heavy (non-hydrogen) atoms. The van der Waals surface area contributed by atoms with Gasteiger partial charge in [0.15, 0.2) is 0 Å². The highest BCUT2D eigenvalue weighted by atomic mass is 16.5. The highest BCUT2D eigenvalue weighted by molar-refractivity contribution is 5.95. The summed E-state index contributed by atoms with van der Waals surface area (Å²) in [6.45, 7) is 8.56. The van der Waals surface area contributed by atoms with Gasteiger partial charge in [0.25, 0.3) is 5.91 Å². The van der Waals surface area contributed by atoms with Crippen LogP contribution in [0.25, 0.3) is 6.08 Å². The molecule has 0 saturated heterocycles. The van der Waals surface area contributed by atoms with Crippen molar-refractivity contribution in [1.29, 1.82) is 0 Å². The first-order valence-electron chi connectivity index (χ1n) is 8.36. The van der Waals surface area contributed by atoms with Crippen molar-refractivity contribution in [2.75, 3.05) is 13.2 Å². The molecule has 0 bridgehead atoms. The second-order valence-electron chi connectivity index (χ2n) is 5.47. The number of carbonyl (C=O) groups excluding carboxylic acids is 1. The Balaban J connectivity index is 1.78. The largest absolute Gasteiger partial charge is 0.494 e. The summed E-state index contributed by atoms with van der Waals surface area (Å²) >= 11 is 0. The van der Waals surface area contributed by atoms with Crippen LogP contribution in [0.1, 0.15) is 22.5 Å². The molecule has 2 N–H and O–H groups in total. The van der Waals surface area contributed by atoms with Gasteiger partial charge in [-0.25, -0.2) is 0 Å². The molecule has 0 aliphatic rings. The van der Waals surface area contributed by atoms with E-state index in [1.54, 1.807) is 24.4 Å². The third-order valence-electron chi connectivity index (χ3n) is 3.44. The minimum absolute atomic E-state index is 0.200. The van der Waals surface area contributed by atoms with Crippen molar-refractivity contribution >= 4 is 12.0 Å². The van der Waals surface area contributed by atoms with Crippen molar-refractivity contribution < 1.29 is 9.53 Å². The first-order valence-corrected chi connectivity index (χ1v) is 8.36. The van der Waals surface area contributed by atoms with Gasteiger partial charge in [0.2, 0.25) is 0 Å². The third-order valence-corrected chi connectivity index (χ3v) is 3.44. The lowest BCUT2D eigenvalue weighted by Gasteiger charge is -2.07. The second kappa shape index (κ2) is 10.5. The fourth-order valence-corrected chi connectivity index (χ4v) is 2.12. The van der Waals surface area contributed by atoms with Crippen LogP contribution >= 0.6 is 0 Å². The average Bonchev–Trinajstić information content (AvgIpc) is 3.14. The zero-order valence-corrected chi connectivity index (χ0v) is 14.7. The summed E-state index contributed by atoms with van der Waals surface area (Å²) in [5.41, 5.74) is 1.93. The maximum atomic E-state index is 12.3. The summed E-state index contributed by atoms with van der Waals surface area (Å²) in [6.07, 6.45) is 11.2. The third kappa shape index (κ3) is 6.28. The Hall–Kier alpha value is -3.34. The Morgan fingerprint density at radius 2 is 2.08 bits per heavy atom. The zero-order chi connectivity index (χ0) is 18.6. The molecule has 0 saturated carbocycles. The summed E-state index contributed by atoms with van der Waals surface area (Å²) < 4.78 is 5.59. The maximum absolute atomic E-state index is 12.3. The van der Waals surface area contributed by atoms with Gasteiger partial charge in [-0.1, -0.05) is 61.7 Å². The number of carbonyl (C=O) groups is 1. The van der Waals surface area contributed by atoms with E-state index in [0.29, 0.717) is 30.8 Å². The number of aromatic nitrogens is 2. The predicted molar refractivity (Wildman–Crippen MR) is 105 cm³/mol. The number of nitrogens with zero attached hydrogens (tertiary/aromatic N) is 1. The van der Waals surface area contributed by atoms with E-state index in [9.17, 15) is 4.79 Å². The van der Waals surface area contributed by atoms with E-state index in [-0.39, 0.29) is 5.91 Å². The van der Waals surface area contributed by atoms with Gasteiger partial charge in [-0.15, -0.1) is 0 Å². The molecule has 0 aliphatic carbocycles. The number of rotatable bonds is 10. The lowest BCUT2D eigenvalue weighted by molar-refractivity contribution is 0.0946. The Morgan fingerprint density at radius 3 is 2.85 bits per heavy atom.